The van der Waals surface area contributed by atoms with Gasteiger partial charge in [-0.1, -0.05) is 12.8 Å². The Morgan fingerprint density at radius 2 is 1.95 bits per heavy atom. The fourth-order valence-electron chi connectivity index (χ4n) is 3.53. The van der Waals surface area contributed by atoms with Gasteiger partial charge in [0.25, 0.3) is 0 Å². The highest BCUT2D eigenvalue weighted by atomic mass is 16.4. The molecule has 1 saturated heterocycles. The minimum atomic E-state index is -0.798. The van der Waals surface area contributed by atoms with Crippen molar-refractivity contribution in [2.24, 2.45) is 5.92 Å². The van der Waals surface area contributed by atoms with Crippen molar-refractivity contribution in [3.63, 3.8) is 0 Å². The molecule has 2 rings (SSSR count). The molecule has 0 bridgehead atoms. The lowest BCUT2D eigenvalue weighted by molar-refractivity contribution is -0.143. The van der Waals surface area contributed by atoms with Crippen molar-refractivity contribution in [3.8, 4) is 0 Å². The fraction of sp³-hybridized carbons (Fsp3) is 0.867. The van der Waals surface area contributed by atoms with Crippen molar-refractivity contribution in [2.45, 2.75) is 44.1 Å². The van der Waals surface area contributed by atoms with Crippen molar-refractivity contribution in [2.75, 3.05) is 33.7 Å². The van der Waals surface area contributed by atoms with Crippen LogP contribution in [0, 0.1) is 5.92 Å². The number of piperidine rings is 1. The number of carbonyl (C=O) groups excluding carboxylic acids is 1. The van der Waals surface area contributed by atoms with E-state index in [0.29, 0.717) is 26.1 Å². The number of nitrogens with one attached hydrogen (secondary N) is 1. The highest BCUT2D eigenvalue weighted by molar-refractivity contribution is 5.76. The molecule has 2 aliphatic rings. The molecule has 0 unspecified atom stereocenters. The van der Waals surface area contributed by atoms with Crippen LogP contribution in [0.2, 0.25) is 0 Å². The molecule has 120 valence electrons. The summed E-state index contributed by atoms with van der Waals surface area (Å²) in [5.74, 6) is -1.22. The second-order valence-corrected chi connectivity index (χ2v) is 6.61. The molecule has 2 N–H and O–H groups in total. The molecule has 1 saturated carbocycles. The normalized spacial score (nSPS) is 25.1. The number of nitrogens with zero attached hydrogens (tertiary/aromatic N) is 2. The number of urea groups is 1. The number of hydrogen-bond acceptors (Lipinski definition) is 3. The van der Waals surface area contributed by atoms with E-state index in [0.717, 1.165) is 19.3 Å². The van der Waals surface area contributed by atoms with Gasteiger partial charge in [-0.3, -0.25) is 4.79 Å². The van der Waals surface area contributed by atoms with Gasteiger partial charge in [0.05, 0.1) is 5.92 Å². The molecular formula is C15H27N3O3. The molecule has 1 aliphatic carbocycles. The summed E-state index contributed by atoms with van der Waals surface area (Å²) in [6, 6.07) is -0.117. The van der Waals surface area contributed by atoms with Gasteiger partial charge in [0.1, 0.15) is 0 Å². The predicted octanol–water partition coefficient (Wildman–Crippen LogP) is 1.37. The quantitative estimate of drug-likeness (QED) is 0.822. The van der Waals surface area contributed by atoms with Crippen LogP contribution >= 0.6 is 0 Å². The maximum Gasteiger partial charge on any atom is 0.317 e. The summed E-state index contributed by atoms with van der Waals surface area (Å²) in [6.07, 6.45) is 6.07. The molecule has 21 heavy (non-hydrogen) atoms. The third kappa shape index (κ3) is 3.67. The fourth-order valence-corrected chi connectivity index (χ4v) is 3.53. The van der Waals surface area contributed by atoms with Gasteiger partial charge < -0.3 is 20.2 Å². The van der Waals surface area contributed by atoms with Crippen LogP contribution in [0.3, 0.4) is 0 Å². The van der Waals surface area contributed by atoms with E-state index < -0.39 is 11.9 Å². The number of aliphatic carboxylic acids is 1. The van der Waals surface area contributed by atoms with Crippen molar-refractivity contribution >= 4 is 12.0 Å². The van der Waals surface area contributed by atoms with Crippen LogP contribution in [0.5, 0.6) is 0 Å². The Hall–Kier alpha value is -1.30. The Morgan fingerprint density at radius 1 is 1.29 bits per heavy atom. The van der Waals surface area contributed by atoms with E-state index in [1.165, 1.54) is 12.8 Å². The van der Waals surface area contributed by atoms with E-state index in [2.05, 4.69) is 24.3 Å². The van der Waals surface area contributed by atoms with Crippen molar-refractivity contribution in [3.05, 3.63) is 0 Å². The number of amides is 2. The third-order valence-corrected chi connectivity index (χ3v) is 5.11. The zero-order valence-corrected chi connectivity index (χ0v) is 13.1. The number of carboxylic acids is 1. The number of likely N-dealkylation sites (tertiary alicyclic amines) is 1. The number of carboxylic acid groups (broad SMARTS) is 1. The van der Waals surface area contributed by atoms with Gasteiger partial charge in [-0.25, -0.2) is 4.79 Å². The van der Waals surface area contributed by atoms with Crippen LogP contribution in [-0.2, 0) is 4.79 Å². The summed E-state index contributed by atoms with van der Waals surface area (Å²) >= 11 is 0. The molecule has 0 aromatic rings. The topological polar surface area (TPSA) is 72.9 Å². The van der Waals surface area contributed by atoms with Gasteiger partial charge in [0.2, 0.25) is 0 Å². The summed E-state index contributed by atoms with van der Waals surface area (Å²) in [5, 5.41) is 12.1. The number of carbonyl (C=O) groups is 2. The Morgan fingerprint density at radius 3 is 2.52 bits per heavy atom. The Kier molecular flexibility index (Phi) is 5.08. The first-order chi connectivity index (χ1) is 9.94. The molecule has 6 nitrogen and oxygen atoms in total. The highest BCUT2D eigenvalue weighted by Gasteiger charge is 2.37. The predicted molar refractivity (Wildman–Crippen MR) is 80.2 cm³/mol. The molecule has 0 aromatic carbocycles. The molecule has 1 heterocycles. The van der Waals surface area contributed by atoms with Crippen molar-refractivity contribution in [1.82, 2.24) is 15.1 Å². The van der Waals surface area contributed by atoms with Crippen LogP contribution in [0.4, 0.5) is 4.79 Å². The van der Waals surface area contributed by atoms with Crippen molar-refractivity contribution < 1.29 is 14.7 Å². The minimum Gasteiger partial charge on any atom is -0.481 e. The van der Waals surface area contributed by atoms with Crippen LogP contribution in [0.15, 0.2) is 0 Å². The summed E-state index contributed by atoms with van der Waals surface area (Å²) in [5.41, 5.74) is 0.0671. The molecule has 2 amide bonds. The van der Waals surface area contributed by atoms with Crippen LogP contribution in [0.1, 0.15) is 38.5 Å². The number of likely N-dealkylation sites (N-methyl/N-ethyl adjacent to an activating group) is 1. The zero-order chi connectivity index (χ0) is 15.5. The van der Waals surface area contributed by atoms with E-state index in [1.807, 2.05) is 0 Å². The number of rotatable bonds is 4. The van der Waals surface area contributed by atoms with Crippen LogP contribution in [-0.4, -0.2) is 66.2 Å². The third-order valence-electron chi connectivity index (χ3n) is 5.11. The van der Waals surface area contributed by atoms with Gasteiger partial charge in [0.15, 0.2) is 0 Å². The molecule has 2 fully saturated rings. The summed E-state index contributed by atoms with van der Waals surface area (Å²) in [6.45, 7) is 1.63. The maximum absolute atomic E-state index is 12.3. The lowest BCUT2D eigenvalue weighted by Gasteiger charge is -2.38. The zero-order valence-electron chi connectivity index (χ0n) is 13.1. The molecular weight excluding hydrogens is 270 g/mol. The Balaban J connectivity index is 1.87. The molecule has 0 spiro atoms. The minimum absolute atomic E-state index is 0.0671. The second kappa shape index (κ2) is 6.64. The lowest BCUT2D eigenvalue weighted by Crippen LogP contribution is -2.54. The van der Waals surface area contributed by atoms with E-state index in [9.17, 15) is 9.59 Å². The first kappa shape index (κ1) is 16.1. The van der Waals surface area contributed by atoms with Gasteiger partial charge in [-0.05, 0) is 39.8 Å². The lowest BCUT2D eigenvalue weighted by atomic mass is 9.96. The Bertz CT molecular complexity index is 392. The van der Waals surface area contributed by atoms with E-state index in [4.69, 9.17) is 5.11 Å². The van der Waals surface area contributed by atoms with E-state index in [-0.39, 0.29) is 11.6 Å². The van der Waals surface area contributed by atoms with Crippen LogP contribution in [0.25, 0.3) is 0 Å². The summed E-state index contributed by atoms with van der Waals surface area (Å²) in [4.78, 5) is 27.2. The highest BCUT2D eigenvalue weighted by Crippen LogP contribution is 2.33. The Labute approximate surface area is 126 Å². The average Bonchev–Trinajstić information content (AvgIpc) is 2.95. The summed E-state index contributed by atoms with van der Waals surface area (Å²) < 4.78 is 0. The molecule has 1 aliphatic heterocycles. The van der Waals surface area contributed by atoms with Crippen LogP contribution < -0.4 is 5.32 Å². The average molecular weight is 297 g/mol. The first-order valence-corrected chi connectivity index (χ1v) is 7.88. The molecule has 0 aromatic heterocycles. The van der Waals surface area contributed by atoms with E-state index >= 15 is 0 Å². The second-order valence-electron chi connectivity index (χ2n) is 6.61. The standard InChI is InChI=1S/C15H27N3O3/c1-17(2)15(7-3-4-8-15)11-16-14(21)18-9-5-6-12(10-18)13(19)20/h12H,3-11H2,1-2H3,(H,16,21)(H,19,20)/t12-/m1/s1. The SMILES string of the molecule is CN(C)C1(CNC(=O)N2CCC[C@@H](C(=O)O)C2)CCCC1. The largest absolute Gasteiger partial charge is 0.481 e. The van der Waals surface area contributed by atoms with Gasteiger partial charge in [-0.2, -0.15) is 0 Å². The molecule has 6 heteroatoms. The molecule has 0 radical (unpaired) electrons. The summed E-state index contributed by atoms with van der Waals surface area (Å²) in [7, 11) is 4.14. The maximum atomic E-state index is 12.3. The number of hydrogen-bond donors (Lipinski definition) is 2. The monoisotopic (exact) mass is 297 g/mol. The van der Waals surface area contributed by atoms with E-state index in [1.54, 1.807) is 4.90 Å². The van der Waals surface area contributed by atoms with Gasteiger partial charge >= 0.3 is 12.0 Å². The molecule has 1 atom stereocenters. The smallest absolute Gasteiger partial charge is 0.317 e. The first-order valence-electron chi connectivity index (χ1n) is 7.88. The van der Waals surface area contributed by atoms with Gasteiger partial charge in [-0.15, -0.1) is 0 Å². The van der Waals surface area contributed by atoms with Gasteiger partial charge in [0, 0.05) is 25.2 Å². The van der Waals surface area contributed by atoms with Crippen molar-refractivity contribution in [1.29, 1.82) is 0 Å².